The summed E-state index contributed by atoms with van der Waals surface area (Å²) in [6, 6.07) is 48.4. The Balaban J connectivity index is 1.35. The number of fused-ring (bicyclic) bond motifs is 7. The molecule has 0 aliphatic carbocycles. The Hall–Kier alpha value is -5.74. The van der Waals surface area contributed by atoms with Gasteiger partial charge in [-0.1, -0.05) is 97.1 Å². The molecule has 0 saturated heterocycles. The zero-order valence-electron chi connectivity index (χ0n) is 22.5. The van der Waals surface area contributed by atoms with Gasteiger partial charge in [-0.15, -0.1) is 0 Å². The molecule has 0 atom stereocenters. The summed E-state index contributed by atoms with van der Waals surface area (Å²) in [5, 5.41) is 5.68. The van der Waals surface area contributed by atoms with Gasteiger partial charge in [0.05, 0.1) is 22.2 Å². The van der Waals surface area contributed by atoms with Crippen molar-refractivity contribution >= 4 is 54.6 Å². The number of benzene rings is 6. The molecule has 0 unspecified atom stereocenters. The minimum atomic E-state index is 0.721. The first-order valence-corrected chi connectivity index (χ1v) is 14.1. The fraction of sp³-hybridized carbons (Fsp3) is 0. The van der Waals surface area contributed by atoms with E-state index in [2.05, 4.69) is 108 Å². The minimum absolute atomic E-state index is 0.721. The number of hydrogen-bond donors (Lipinski definition) is 0. The maximum Gasteiger partial charge on any atom is 0.160 e. The molecule has 9 aromatic rings. The fourth-order valence-electron chi connectivity index (χ4n) is 6.25. The predicted molar refractivity (Wildman–Crippen MR) is 172 cm³/mol. The van der Waals surface area contributed by atoms with Crippen LogP contribution in [-0.4, -0.2) is 14.5 Å². The van der Waals surface area contributed by atoms with Crippen molar-refractivity contribution in [2.24, 2.45) is 0 Å². The van der Waals surface area contributed by atoms with Gasteiger partial charge in [-0.25, -0.2) is 9.97 Å². The molecule has 0 N–H and O–H groups in total. The van der Waals surface area contributed by atoms with Gasteiger partial charge in [-0.3, -0.25) is 0 Å². The quantitative estimate of drug-likeness (QED) is 0.225. The molecule has 0 bridgehead atoms. The molecule has 0 spiro atoms. The monoisotopic (exact) mass is 537 g/mol. The van der Waals surface area contributed by atoms with Crippen molar-refractivity contribution in [3.63, 3.8) is 0 Å². The Bertz CT molecular complexity index is 2460. The summed E-state index contributed by atoms with van der Waals surface area (Å²) in [5.41, 5.74) is 8.97. The van der Waals surface area contributed by atoms with Crippen LogP contribution in [0, 0.1) is 0 Å². The van der Waals surface area contributed by atoms with Crippen LogP contribution in [0.25, 0.3) is 83.0 Å². The molecule has 196 valence electrons. The van der Waals surface area contributed by atoms with Crippen molar-refractivity contribution in [1.29, 1.82) is 0 Å². The van der Waals surface area contributed by atoms with E-state index in [-0.39, 0.29) is 0 Å². The molecule has 6 aromatic carbocycles. The van der Waals surface area contributed by atoms with Crippen LogP contribution in [0.15, 0.2) is 144 Å². The molecule has 0 saturated carbocycles. The number of aromatic nitrogens is 3. The Labute approximate surface area is 241 Å². The highest BCUT2D eigenvalue weighted by Gasteiger charge is 2.18. The van der Waals surface area contributed by atoms with Crippen LogP contribution in [-0.2, 0) is 0 Å². The van der Waals surface area contributed by atoms with Gasteiger partial charge in [-0.2, -0.15) is 0 Å². The number of furan rings is 1. The van der Waals surface area contributed by atoms with Crippen molar-refractivity contribution in [1.82, 2.24) is 14.5 Å². The van der Waals surface area contributed by atoms with E-state index in [1.54, 1.807) is 0 Å². The third-order valence-corrected chi connectivity index (χ3v) is 8.19. The first kappa shape index (κ1) is 23.0. The summed E-state index contributed by atoms with van der Waals surface area (Å²) in [4.78, 5) is 10.1. The highest BCUT2D eigenvalue weighted by Crippen LogP contribution is 2.39. The molecule has 0 radical (unpaired) electrons. The van der Waals surface area contributed by atoms with Gasteiger partial charge in [0.15, 0.2) is 5.82 Å². The second-order valence-corrected chi connectivity index (χ2v) is 10.6. The molecule has 4 heteroatoms. The van der Waals surface area contributed by atoms with Crippen molar-refractivity contribution in [3.8, 4) is 28.3 Å². The van der Waals surface area contributed by atoms with Gasteiger partial charge in [0.1, 0.15) is 11.2 Å². The van der Waals surface area contributed by atoms with E-state index in [4.69, 9.17) is 14.4 Å². The van der Waals surface area contributed by atoms with Crippen LogP contribution >= 0.6 is 0 Å². The van der Waals surface area contributed by atoms with Crippen molar-refractivity contribution in [2.75, 3.05) is 0 Å². The second kappa shape index (κ2) is 8.88. The van der Waals surface area contributed by atoms with E-state index in [0.29, 0.717) is 0 Å². The molecule has 42 heavy (non-hydrogen) atoms. The molecule has 3 heterocycles. The van der Waals surface area contributed by atoms with Crippen molar-refractivity contribution in [2.45, 2.75) is 0 Å². The van der Waals surface area contributed by atoms with Crippen LogP contribution in [0.2, 0.25) is 0 Å². The lowest BCUT2D eigenvalue weighted by atomic mass is 10.0. The van der Waals surface area contributed by atoms with E-state index in [0.717, 1.165) is 72.2 Å². The number of rotatable bonds is 3. The maximum atomic E-state index is 6.32. The van der Waals surface area contributed by atoms with Gasteiger partial charge in [-0.05, 0) is 36.4 Å². The zero-order valence-corrected chi connectivity index (χ0v) is 22.5. The highest BCUT2D eigenvalue weighted by atomic mass is 16.3. The predicted octanol–water partition coefficient (Wildman–Crippen LogP) is 9.96. The van der Waals surface area contributed by atoms with E-state index >= 15 is 0 Å². The van der Waals surface area contributed by atoms with Crippen molar-refractivity contribution < 1.29 is 4.42 Å². The van der Waals surface area contributed by atoms with Crippen LogP contribution in [0.4, 0.5) is 0 Å². The average Bonchev–Trinajstić information content (AvgIpc) is 3.58. The van der Waals surface area contributed by atoms with E-state index in [9.17, 15) is 0 Å². The van der Waals surface area contributed by atoms with Gasteiger partial charge in [0.2, 0.25) is 0 Å². The Morgan fingerprint density at radius 3 is 2.00 bits per heavy atom. The molecule has 9 rings (SSSR count). The van der Waals surface area contributed by atoms with Gasteiger partial charge in [0.25, 0.3) is 0 Å². The van der Waals surface area contributed by atoms with Gasteiger partial charge in [0, 0.05) is 49.8 Å². The van der Waals surface area contributed by atoms with Gasteiger partial charge < -0.3 is 8.98 Å². The Morgan fingerprint density at radius 2 is 1.17 bits per heavy atom. The van der Waals surface area contributed by atoms with Crippen LogP contribution in [0.3, 0.4) is 0 Å². The first-order chi connectivity index (χ1) is 20.8. The van der Waals surface area contributed by atoms with Crippen molar-refractivity contribution in [3.05, 3.63) is 140 Å². The first-order valence-electron chi connectivity index (χ1n) is 14.1. The Kier molecular flexibility index (Phi) is 4.87. The second-order valence-electron chi connectivity index (χ2n) is 10.6. The van der Waals surface area contributed by atoms with E-state index in [1.807, 2.05) is 36.4 Å². The standard InChI is InChI=1S/C38H23N3O/c1-3-11-24(12-4-1)37-31-21-26(19-20-32(31)39-38(40-37)25-13-5-2-6-14-25)41-33-17-9-7-15-27(33)29-22-30-28-16-8-10-18-35(28)42-36(30)23-34(29)41/h1-23H. The largest absolute Gasteiger partial charge is 0.456 e. The summed E-state index contributed by atoms with van der Waals surface area (Å²) in [6.07, 6.45) is 0. The molecule has 0 fully saturated rings. The molecular formula is C38H23N3O. The summed E-state index contributed by atoms with van der Waals surface area (Å²) in [7, 11) is 0. The molecule has 0 amide bonds. The van der Waals surface area contributed by atoms with Crippen LogP contribution in [0.5, 0.6) is 0 Å². The summed E-state index contributed by atoms with van der Waals surface area (Å²) in [6.45, 7) is 0. The Morgan fingerprint density at radius 1 is 0.452 bits per heavy atom. The lowest BCUT2D eigenvalue weighted by molar-refractivity contribution is 0.669. The smallest absolute Gasteiger partial charge is 0.160 e. The molecule has 0 aliphatic heterocycles. The molecule has 0 aliphatic rings. The number of para-hydroxylation sites is 2. The lowest BCUT2D eigenvalue weighted by Crippen LogP contribution is -1.98. The van der Waals surface area contributed by atoms with Gasteiger partial charge >= 0.3 is 0 Å². The topological polar surface area (TPSA) is 43.9 Å². The minimum Gasteiger partial charge on any atom is -0.456 e. The lowest BCUT2D eigenvalue weighted by Gasteiger charge is -2.13. The third kappa shape index (κ3) is 3.42. The SMILES string of the molecule is c1ccc(-c2nc(-c3ccccc3)c3cc(-n4c5ccccc5c5cc6c(cc54)oc4ccccc46)ccc3n2)cc1. The molecule has 3 aromatic heterocycles. The van der Waals surface area contributed by atoms with Crippen LogP contribution in [0.1, 0.15) is 0 Å². The van der Waals surface area contributed by atoms with E-state index in [1.165, 1.54) is 10.8 Å². The third-order valence-electron chi connectivity index (χ3n) is 8.19. The molecule has 4 nitrogen and oxygen atoms in total. The summed E-state index contributed by atoms with van der Waals surface area (Å²) < 4.78 is 8.65. The fourth-order valence-corrected chi connectivity index (χ4v) is 6.25. The number of hydrogen-bond acceptors (Lipinski definition) is 3. The number of nitrogens with zero attached hydrogens (tertiary/aromatic N) is 3. The average molecular weight is 538 g/mol. The maximum absolute atomic E-state index is 6.32. The van der Waals surface area contributed by atoms with E-state index < -0.39 is 0 Å². The van der Waals surface area contributed by atoms with Crippen LogP contribution < -0.4 is 0 Å². The highest BCUT2D eigenvalue weighted by molar-refractivity contribution is 6.17. The summed E-state index contributed by atoms with van der Waals surface area (Å²) in [5.74, 6) is 0.721. The normalized spacial score (nSPS) is 11.8. The zero-order chi connectivity index (χ0) is 27.6. The molecular weight excluding hydrogens is 514 g/mol. The summed E-state index contributed by atoms with van der Waals surface area (Å²) >= 11 is 0.